The third-order valence-corrected chi connectivity index (χ3v) is 4.14. The van der Waals surface area contributed by atoms with Gasteiger partial charge in [0.1, 0.15) is 12.4 Å². The van der Waals surface area contributed by atoms with E-state index >= 15 is 0 Å². The average Bonchev–Trinajstić information content (AvgIpc) is 2.53. The second-order valence-corrected chi connectivity index (χ2v) is 6.74. The molecule has 0 aromatic heterocycles. The molecule has 0 bridgehead atoms. The maximum absolute atomic E-state index is 7.47. The summed E-state index contributed by atoms with van der Waals surface area (Å²) in [5.41, 5.74) is 5.72. The molecule has 0 spiro atoms. The highest BCUT2D eigenvalue weighted by atomic mass is 16.5. The molecular formula is C21H27NO. The van der Waals surface area contributed by atoms with Gasteiger partial charge < -0.3 is 10.1 Å². The summed E-state index contributed by atoms with van der Waals surface area (Å²) in [7, 11) is 0. The Morgan fingerprint density at radius 3 is 2.17 bits per heavy atom. The Kier molecular flexibility index (Phi) is 5.59. The van der Waals surface area contributed by atoms with E-state index in [2.05, 4.69) is 65.0 Å². The summed E-state index contributed by atoms with van der Waals surface area (Å²) in [4.78, 5) is 0. The molecule has 2 heteroatoms. The minimum Gasteiger partial charge on any atom is -0.488 e. The molecule has 23 heavy (non-hydrogen) atoms. The number of aryl methyl sites for hydroxylation is 1. The van der Waals surface area contributed by atoms with Crippen LogP contribution in [0.4, 0.5) is 0 Å². The molecule has 0 atom stereocenters. The Morgan fingerprint density at radius 1 is 1.00 bits per heavy atom. The maximum Gasteiger partial charge on any atom is 0.126 e. The number of hydrogen-bond donors (Lipinski definition) is 1. The lowest BCUT2D eigenvalue weighted by molar-refractivity contribution is 0.299. The van der Waals surface area contributed by atoms with Crippen molar-refractivity contribution in [3.05, 3.63) is 64.2 Å². The van der Waals surface area contributed by atoms with E-state index in [1.807, 2.05) is 6.07 Å². The van der Waals surface area contributed by atoms with Crippen LogP contribution in [-0.2, 0) is 6.61 Å². The van der Waals surface area contributed by atoms with Gasteiger partial charge in [0.2, 0.25) is 0 Å². The van der Waals surface area contributed by atoms with E-state index in [1.54, 1.807) is 0 Å². The molecule has 0 fully saturated rings. The van der Waals surface area contributed by atoms with Gasteiger partial charge in [-0.05, 0) is 58.7 Å². The normalized spacial score (nSPS) is 11.1. The van der Waals surface area contributed by atoms with E-state index in [-0.39, 0.29) is 0 Å². The highest BCUT2D eigenvalue weighted by molar-refractivity contribution is 5.78. The SMILES string of the molecule is Cc1cc(C=N)cc(C(C)C)c1OCc1ccc(C(C)C)cc1. The van der Waals surface area contributed by atoms with Crippen molar-refractivity contribution >= 4 is 6.21 Å². The van der Waals surface area contributed by atoms with E-state index in [0.29, 0.717) is 18.4 Å². The quantitative estimate of drug-likeness (QED) is 0.670. The summed E-state index contributed by atoms with van der Waals surface area (Å²) in [5.74, 6) is 1.87. The zero-order chi connectivity index (χ0) is 17.0. The Morgan fingerprint density at radius 2 is 1.65 bits per heavy atom. The molecule has 2 rings (SSSR count). The van der Waals surface area contributed by atoms with Gasteiger partial charge >= 0.3 is 0 Å². The number of hydrogen-bond acceptors (Lipinski definition) is 2. The van der Waals surface area contributed by atoms with Crippen LogP contribution in [0.1, 0.15) is 67.3 Å². The third kappa shape index (κ3) is 4.22. The second kappa shape index (κ2) is 7.45. The van der Waals surface area contributed by atoms with Gasteiger partial charge in [-0.15, -0.1) is 0 Å². The van der Waals surface area contributed by atoms with Crippen molar-refractivity contribution < 1.29 is 4.74 Å². The van der Waals surface area contributed by atoms with Crippen molar-refractivity contribution in [1.82, 2.24) is 0 Å². The molecule has 2 nitrogen and oxygen atoms in total. The first-order valence-electron chi connectivity index (χ1n) is 8.29. The van der Waals surface area contributed by atoms with Crippen LogP contribution in [0.5, 0.6) is 5.75 Å². The second-order valence-electron chi connectivity index (χ2n) is 6.74. The number of ether oxygens (including phenoxy) is 1. The molecule has 0 radical (unpaired) electrons. The fraction of sp³-hybridized carbons (Fsp3) is 0.381. The molecule has 0 saturated heterocycles. The molecule has 0 aliphatic rings. The van der Waals surface area contributed by atoms with Crippen molar-refractivity contribution in [3.8, 4) is 5.75 Å². The van der Waals surface area contributed by atoms with Gasteiger partial charge in [0.25, 0.3) is 0 Å². The summed E-state index contributed by atoms with van der Waals surface area (Å²) in [6.45, 7) is 11.3. The summed E-state index contributed by atoms with van der Waals surface area (Å²) in [6.07, 6.45) is 1.40. The lowest BCUT2D eigenvalue weighted by Crippen LogP contribution is -2.03. The first kappa shape index (κ1) is 17.3. The highest BCUT2D eigenvalue weighted by Gasteiger charge is 2.12. The number of nitrogens with one attached hydrogen (secondary N) is 1. The minimum absolute atomic E-state index is 0.368. The molecule has 122 valence electrons. The molecule has 2 aromatic rings. The van der Waals surface area contributed by atoms with Crippen LogP contribution in [0.15, 0.2) is 36.4 Å². The van der Waals surface area contributed by atoms with E-state index in [9.17, 15) is 0 Å². The van der Waals surface area contributed by atoms with Gasteiger partial charge in [-0.1, -0.05) is 52.0 Å². The molecule has 0 saturated carbocycles. The van der Waals surface area contributed by atoms with Gasteiger partial charge in [0.15, 0.2) is 0 Å². The maximum atomic E-state index is 7.47. The molecule has 0 unspecified atom stereocenters. The third-order valence-electron chi connectivity index (χ3n) is 4.14. The van der Waals surface area contributed by atoms with Crippen LogP contribution in [0, 0.1) is 12.3 Å². The molecule has 2 aromatic carbocycles. The van der Waals surface area contributed by atoms with E-state index in [1.165, 1.54) is 22.9 Å². The standard InChI is InChI=1S/C21H27NO/c1-14(2)19-8-6-17(7-9-19)13-23-21-16(5)10-18(12-22)11-20(21)15(3)4/h6-12,14-15,22H,13H2,1-5H3. The Bertz CT molecular complexity index is 669. The summed E-state index contributed by atoms with van der Waals surface area (Å²) >= 11 is 0. The van der Waals surface area contributed by atoms with E-state index < -0.39 is 0 Å². The van der Waals surface area contributed by atoms with Crippen molar-refractivity contribution in [2.75, 3.05) is 0 Å². The van der Waals surface area contributed by atoms with Gasteiger partial charge in [-0.2, -0.15) is 0 Å². The first-order valence-corrected chi connectivity index (χ1v) is 8.29. The fourth-order valence-electron chi connectivity index (χ4n) is 2.69. The van der Waals surface area contributed by atoms with Gasteiger partial charge in [-0.3, -0.25) is 0 Å². The van der Waals surface area contributed by atoms with Gasteiger partial charge in [0, 0.05) is 6.21 Å². The molecule has 0 aliphatic carbocycles. The zero-order valence-corrected chi connectivity index (χ0v) is 14.8. The highest BCUT2D eigenvalue weighted by Crippen LogP contribution is 2.31. The Labute approximate surface area is 140 Å². The zero-order valence-electron chi connectivity index (χ0n) is 14.8. The van der Waals surface area contributed by atoms with Gasteiger partial charge in [-0.25, -0.2) is 0 Å². The molecule has 1 N–H and O–H groups in total. The van der Waals surface area contributed by atoms with Crippen molar-refractivity contribution in [3.63, 3.8) is 0 Å². The summed E-state index contributed by atoms with van der Waals surface area (Å²) in [5, 5.41) is 7.47. The van der Waals surface area contributed by atoms with Crippen LogP contribution in [0.3, 0.4) is 0 Å². The molecule has 0 aliphatic heterocycles. The van der Waals surface area contributed by atoms with Gasteiger partial charge in [0.05, 0.1) is 0 Å². The van der Waals surface area contributed by atoms with Crippen LogP contribution in [0.25, 0.3) is 0 Å². The molecule has 0 amide bonds. The Balaban J connectivity index is 2.21. The predicted molar refractivity (Wildman–Crippen MR) is 98.0 cm³/mol. The summed E-state index contributed by atoms with van der Waals surface area (Å²) < 4.78 is 6.14. The van der Waals surface area contributed by atoms with E-state index in [0.717, 1.165) is 16.9 Å². The monoisotopic (exact) mass is 309 g/mol. The lowest BCUT2D eigenvalue weighted by atomic mass is 9.96. The average molecular weight is 309 g/mol. The largest absolute Gasteiger partial charge is 0.488 e. The van der Waals surface area contributed by atoms with Crippen LogP contribution < -0.4 is 4.74 Å². The lowest BCUT2D eigenvalue weighted by Gasteiger charge is -2.18. The first-order chi connectivity index (χ1) is 10.9. The van der Waals surface area contributed by atoms with Crippen molar-refractivity contribution in [2.24, 2.45) is 0 Å². The van der Waals surface area contributed by atoms with Crippen molar-refractivity contribution in [1.29, 1.82) is 5.41 Å². The predicted octanol–water partition coefficient (Wildman–Crippen LogP) is 5.82. The summed E-state index contributed by atoms with van der Waals surface area (Å²) in [6, 6.07) is 12.7. The van der Waals surface area contributed by atoms with Crippen LogP contribution in [0.2, 0.25) is 0 Å². The minimum atomic E-state index is 0.368. The number of benzene rings is 2. The molecular weight excluding hydrogens is 282 g/mol. The smallest absolute Gasteiger partial charge is 0.126 e. The topological polar surface area (TPSA) is 33.1 Å². The van der Waals surface area contributed by atoms with Crippen molar-refractivity contribution in [2.45, 2.75) is 53.1 Å². The number of rotatable bonds is 6. The molecule has 0 heterocycles. The van der Waals surface area contributed by atoms with Crippen LogP contribution in [-0.4, -0.2) is 6.21 Å². The fourth-order valence-corrected chi connectivity index (χ4v) is 2.69. The van der Waals surface area contributed by atoms with E-state index in [4.69, 9.17) is 10.1 Å². The van der Waals surface area contributed by atoms with Crippen LogP contribution >= 0.6 is 0 Å². The Hall–Kier alpha value is -2.09.